The molecule has 1 N–H and O–H groups in total. The minimum Gasteiger partial charge on any atom is -0.493 e. The van der Waals surface area contributed by atoms with Gasteiger partial charge in [-0.05, 0) is 30.9 Å². The molecule has 0 radical (unpaired) electrons. The molecule has 0 saturated heterocycles. The molecule has 1 aliphatic carbocycles. The SMILES string of the molecule is CCc1c(C2(C(=O)O)CCCC2)ccc(OC)c1OC. The number of rotatable bonds is 5. The van der Waals surface area contributed by atoms with Gasteiger partial charge in [-0.25, -0.2) is 0 Å². The van der Waals surface area contributed by atoms with Gasteiger partial charge >= 0.3 is 5.97 Å². The summed E-state index contributed by atoms with van der Waals surface area (Å²) < 4.78 is 10.8. The van der Waals surface area contributed by atoms with E-state index < -0.39 is 11.4 Å². The van der Waals surface area contributed by atoms with Gasteiger partial charge in [0.05, 0.1) is 19.6 Å². The lowest BCUT2D eigenvalue weighted by Gasteiger charge is -2.28. The summed E-state index contributed by atoms with van der Waals surface area (Å²) in [7, 11) is 3.20. The molecule has 0 unspecified atom stereocenters. The highest BCUT2D eigenvalue weighted by atomic mass is 16.5. The molecule has 1 aromatic rings. The average molecular weight is 278 g/mol. The molecule has 1 saturated carbocycles. The molecule has 4 heteroatoms. The Bertz CT molecular complexity index is 501. The van der Waals surface area contributed by atoms with Crippen LogP contribution in [-0.2, 0) is 16.6 Å². The number of ether oxygens (including phenoxy) is 2. The summed E-state index contributed by atoms with van der Waals surface area (Å²) >= 11 is 0. The van der Waals surface area contributed by atoms with Crippen molar-refractivity contribution < 1.29 is 19.4 Å². The Morgan fingerprint density at radius 3 is 2.35 bits per heavy atom. The van der Waals surface area contributed by atoms with Gasteiger partial charge in [0.15, 0.2) is 11.5 Å². The van der Waals surface area contributed by atoms with Gasteiger partial charge in [-0.15, -0.1) is 0 Å². The van der Waals surface area contributed by atoms with Gasteiger partial charge in [0.25, 0.3) is 0 Å². The third-order valence-electron chi connectivity index (χ3n) is 4.38. The van der Waals surface area contributed by atoms with Crippen molar-refractivity contribution in [3.8, 4) is 11.5 Å². The Morgan fingerprint density at radius 1 is 1.25 bits per heavy atom. The van der Waals surface area contributed by atoms with Crippen molar-refractivity contribution in [2.45, 2.75) is 44.4 Å². The Morgan fingerprint density at radius 2 is 1.90 bits per heavy atom. The van der Waals surface area contributed by atoms with E-state index in [4.69, 9.17) is 9.47 Å². The zero-order valence-electron chi connectivity index (χ0n) is 12.4. The molecule has 0 heterocycles. The van der Waals surface area contributed by atoms with Gasteiger partial charge in [-0.3, -0.25) is 4.79 Å². The monoisotopic (exact) mass is 278 g/mol. The van der Waals surface area contributed by atoms with Gasteiger partial charge in [0, 0.05) is 5.56 Å². The number of benzene rings is 1. The number of hydrogen-bond donors (Lipinski definition) is 1. The largest absolute Gasteiger partial charge is 0.493 e. The molecular weight excluding hydrogens is 256 g/mol. The van der Waals surface area contributed by atoms with E-state index in [-0.39, 0.29) is 0 Å². The second-order valence-electron chi connectivity index (χ2n) is 5.28. The summed E-state index contributed by atoms with van der Waals surface area (Å²) in [6.07, 6.45) is 4.05. The number of carbonyl (C=O) groups is 1. The molecule has 0 bridgehead atoms. The predicted molar refractivity (Wildman–Crippen MR) is 76.7 cm³/mol. The summed E-state index contributed by atoms with van der Waals surface area (Å²) in [5.41, 5.74) is 1.09. The smallest absolute Gasteiger partial charge is 0.314 e. The van der Waals surface area contributed by atoms with Crippen LogP contribution in [0.3, 0.4) is 0 Å². The van der Waals surface area contributed by atoms with Crippen molar-refractivity contribution in [3.05, 3.63) is 23.3 Å². The number of aliphatic carboxylic acids is 1. The first-order chi connectivity index (χ1) is 9.60. The molecule has 2 rings (SSSR count). The summed E-state index contributed by atoms with van der Waals surface area (Å²) in [6.45, 7) is 2.02. The lowest BCUT2D eigenvalue weighted by Crippen LogP contribution is -2.33. The van der Waals surface area contributed by atoms with E-state index in [2.05, 4.69) is 0 Å². The van der Waals surface area contributed by atoms with Crippen molar-refractivity contribution in [2.75, 3.05) is 14.2 Å². The van der Waals surface area contributed by atoms with Crippen LogP contribution in [0, 0.1) is 0 Å². The molecule has 0 aromatic heterocycles. The Kier molecular flexibility index (Phi) is 4.21. The molecule has 20 heavy (non-hydrogen) atoms. The van der Waals surface area contributed by atoms with Crippen LogP contribution in [0.2, 0.25) is 0 Å². The van der Waals surface area contributed by atoms with Crippen LogP contribution in [0.15, 0.2) is 12.1 Å². The van der Waals surface area contributed by atoms with Crippen LogP contribution < -0.4 is 9.47 Å². The van der Waals surface area contributed by atoms with Crippen molar-refractivity contribution in [1.29, 1.82) is 0 Å². The molecule has 0 spiro atoms. The zero-order valence-corrected chi connectivity index (χ0v) is 12.4. The lowest BCUT2D eigenvalue weighted by atomic mass is 9.76. The minimum atomic E-state index is -0.759. The van der Waals surface area contributed by atoms with Crippen molar-refractivity contribution in [1.82, 2.24) is 0 Å². The first-order valence-electron chi connectivity index (χ1n) is 7.08. The lowest BCUT2D eigenvalue weighted by molar-refractivity contribution is -0.143. The topological polar surface area (TPSA) is 55.8 Å². The molecular formula is C16H22O4. The van der Waals surface area contributed by atoms with E-state index in [1.54, 1.807) is 14.2 Å². The normalized spacial score (nSPS) is 16.9. The minimum absolute atomic E-state index is 0.659. The van der Waals surface area contributed by atoms with Crippen molar-refractivity contribution >= 4 is 5.97 Å². The quantitative estimate of drug-likeness (QED) is 0.899. The maximum Gasteiger partial charge on any atom is 0.314 e. The van der Waals surface area contributed by atoms with Crippen LogP contribution in [0.5, 0.6) is 11.5 Å². The van der Waals surface area contributed by atoms with E-state index >= 15 is 0 Å². The fourth-order valence-corrected chi connectivity index (χ4v) is 3.37. The molecule has 0 aliphatic heterocycles. The number of hydrogen-bond acceptors (Lipinski definition) is 3. The highest BCUT2D eigenvalue weighted by Gasteiger charge is 2.44. The fourth-order valence-electron chi connectivity index (χ4n) is 3.37. The van der Waals surface area contributed by atoms with Crippen LogP contribution >= 0.6 is 0 Å². The fraction of sp³-hybridized carbons (Fsp3) is 0.562. The Labute approximate surface area is 119 Å². The summed E-state index contributed by atoms with van der Waals surface area (Å²) in [5.74, 6) is 0.601. The van der Waals surface area contributed by atoms with Crippen LogP contribution in [0.25, 0.3) is 0 Å². The second-order valence-corrected chi connectivity index (χ2v) is 5.28. The third-order valence-corrected chi connectivity index (χ3v) is 4.38. The number of carboxylic acid groups (broad SMARTS) is 1. The van der Waals surface area contributed by atoms with E-state index in [1.165, 1.54) is 0 Å². The van der Waals surface area contributed by atoms with Gasteiger partial charge in [0.1, 0.15) is 0 Å². The summed E-state index contributed by atoms with van der Waals surface area (Å²) in [5, 5.41) is 9.76. The first-order valence-corrected chi connectivity index (χ1v) is 7.08. The van der Waals surface area contributed by atoms with E-state index in [1.807, 2.05) is 19.1 Å². The van der Waals surface area contributed by atoms with Crippen molar-refractivity contribution in [3.63, 3.8) is 0 Å². The highest BCUT2D eigenvalue weighted by molar-refractivity contribution is 5.83. The van der Waals surface area contributed by atoms with Crippen LogP contribution in [-0.4, -0.2) is 25.3 Å². The maximum absolute atomic E-state index is 11.9. The molecule has 0 amide bonds. The Hall–Kier alpha value is -1.71. The maximum atomic E-state index is 11.9. The zero-order chi connectivity index (χ0) is 14.8. The van der Waals surface area contributed by atoms with Gasteiger partial charge in [0.2, 0.25) is 0 Å². The number of carboxylic acids is 1. The number of methoxy groups -OCH3 is 2. The van der Waals surface area contributed by atoms with Gasteiger partial charge in [-0.2, -0.15) is 0 Å². The van der Waals surface area contributed by atoms with Gasteiger partial charge in [-0.1, -0.05) is 25.8 Å². The molecule has 110 valence electrons. The third kappa shape index (κ3) is 2.13. The standard InChI is InChI=1S/C16H22O4/c1-4-11-12(7-8-13(19-2)14(11)20-3)16(15(17)18)9-5-6-10-16/h7-8H,4-6,9-10H2,1-3H3,(H,17,18). The molecule has 1 aliphatic rings. The van der Waals surface area contributed by atoms with E-state index in [9.17, 15) is 9.90 Å². The Balaban J connectivity index is 2.64. The summed E-state index contributed by atoms with van der Waals surface area (Å²) in [4.78, 5) is 11.9. The van der Waals surface area contributed by atoms with Gasteiger partial charge < -0.3 is 14.6 Å². The second kappa shape index (κ2) is 5.73. The first kappa shape index (κ1) is 14.7. The summed E-state index contributed by atoms with van der Waals surface area (Å²) in [6, 6.07) is 3.72. The molecule has 4 nitrogen and oxygen atoms in total. The highest BCUT2D eigenvalue weighted by Crippen LogP contribution is 2.46. The van der Waals surface area contributed by atoms with E-state index in [0.29, 0.717) is 24.3 Å². The predicted octanol–water partition coefficient (Wildman–Crippen LogP) is 3.16. The molecule has 1 aromatic carbocycles. The molecule has 1 fully saturated rings. The van der Waals surface area contributed by atoms with E-state index in [0.717, 1.165) is 30.4 Å². The van der Waals surface area contributed by atoms with Crippen LogP contribution in [0.1, 0.15) is 43.7 Å². The molecule has 0 atom stereocenters. The average Bonchev–Trinajstić information content (AvgIpc) is 2.96. The van der Waals surface area contributed by atoms with Crippen molar-refractivity contribution in [2.24, 2.45) is 0 Å². The van der Waals surface area contributed by atoms with Crippen LogP contribution in [0.4, 0.5) is 0 Å².